The fourth-order valence-electron chi connectivity index (χ4n) is 2.15. The first kappa shape index (κ1) is 15.0. The summed E-state index contributed by atoms with van der Waals surface area (Å²) in [7, 11) is 0. The van der Waals surface area contributed by atoms with Crippen molar-refractivity contribution in [3.05, 3.63) is 22.4 Å². The van der Waals surface area contributed by atoms with Gasteiger partial charge >= 0.3 is 0 Å². The summed E-state index contributed by atoms with van der Waals surface area (Å²) in [6.45, 7) is 3.96. The fourth-order valence-corrected chi connectivity index (χ4v) is 2.77. The molecule has 1 aliphatic rings. The zero-order valence-corrected chi connectivity index (χ0v) is 12.3. The van der Waals surface area contributed by atoms with Gasteiger partial charge in [-0.25, -0.2) is 0 Å². The molecular formula is C13H20N4O2S. The van der Waals surface area contributed by atoms with Crippen LogP contribution in [0.4, 0.5) is 0 Å². The Balaban J connectivity index is 1.72. The molecule has 1 aromatic heterocycles. The average Bonchev–Trinajstić information content (AvgIpc) is 2.94. The first-order valence-corrected chi connectivity index (χ1v) is 7.55. The smallest absolute Gasteiger partial charge is 0.279 e. The normalized spacial score (nSPS) is 23.3. The first-order chi connectivity index (χ1) is 9.56. The third kappa shape index (κ3) is 4.03. The van der Waals surface area contributed by atoms with Crippen molar-refractivity contribution in [3.8, 4) is 0 Å². The molecule has 0 aliphatic carbocycles. The maximum atomic E-state index is 11.8. The highest BCUT2D eigenvalue weighted by Crippen LogP contribution is 2.14. The highest BCUT2D eigenvalue weighted by atomic mass is 32.1. The third-order valence-corrected chi connectivity index (χ3v) is 4.40. The Bertz CT molecular complexity index is 463. The van der Waals surface area contributed by atoms with Crippen molar-refractivity contribution in [2.75, 3.05) is 19.6 Å². The van der Waals surface area contributed by atoms with E-state index >= 15 is 0 Å². The lowest BCUT2D eigenvalue weighted by Gasteiger charge is -2.34. The van der Waals surface area contributed by atoms with Crippen LogP contribution in [0.3, 0.4) is 0 Å². The summed E-state index contributed by atoms with van der Waals surface area (Å²) in [6.07, 6.45) is 0.996. The van der Waals surface area contributed by atoms with E-state index in [-0.39, 0.29) is 24.4 Å². The van der Waals surface area contributed by atoms with Gasteiger partial charge in [-0.05, 0) is 30.3 Å². The third-order valence-electron chi connectivity index (χ3n) is 3.53. The van der Waals surface area contributed by atoms with Crippen LogP contribution in [-0.2, 0) is 4.79 Å². The van der Waals surface area contributed by atoms with Crippen molar-refractivity contribution < 1.29 is 9.59 Å². The van der Waals surface area contributed by atoms with Gasteiger partial charge in [-0.3, -0.25) is 25.3 Å². The Kier molecular flexibility index (Phi) is 5.11. The number of piperidine rings is 1. The summed E-state index contributed by atoms with van der Waals surface area (Å²) >= 11 is 1.33. The number of thiophene rings is 1. The molecule has 2 rings (SSSR count). The van der Waals surface area contributed by atoms with Gasteiger partial charge < -0.3 is 5.73 Å². The van der Waals surface area contributed by atoms with Crippen LogP contribution in [0.1, 0.15) is 23.0 Å². The zero-order chi connectivity index (χ0) is 14.5. The Hall–Kier alpha value is -1.44. The van der Waals surface area contributed by atoms with Gasteiger partial charge in [0.1, 0.15) is 0 Å². The van der Waals surface area contributed by atoms with Crippen molar-refractivity contribution in [2.24, 2.45) is 11.7 Å². The minimum atomic E-state index is -0.294. The summed E-state index contributed by atoms with van der Waals surface area (Å²) in [5, 5.41) is 1.81. The standard InChI is InChI=1S/C13H20N4O2S/c1-9-4-5-17(7-10(9)14)8-12(18)15-16-13(19)11-3-2-6-20-11/h2-3,6,9-10H,4-5,7-8,14H2,1H3,(H,15,18)(H,16,19). The molecule has 0 bridgehead atoms. The zero-order valence-electron chi connectivity index (χ0n) is 11.5. The lowest BCUT2D eigenvalue weighted by molar-refractivity contribution is -0.123. The Labute approximate surface area is 122 Å². The molecule has 110 valence electrons. The minimum Gasteiger partial charge on any atom is -0.326 e. The number of carbonyl (C=O) groups is 2. The molecule has 1 fully saturated rings. The maximum absolute atomic E-state index is 11.8. The Morgan fingerprint density at radius 1 is 1.50 bits per heavy atom. The summed E-state index contributed by atoms with van der Waals surface area (Å²) in [6, 6.07) is 3.60. The van der Waals surface area contributed by atoms with E-state index in [4.69, 9.17) is 5.73 Å². The van der Waals surface area contributed by atoms with E-state index in [2.05, 4.69) is 17.8 Å². The second-order valence-electron chi connectivity index (χ2n) is 5.14. The van der Waals surface area contributed by atoms with E-state index in [9.17, 15) is 9.59 Å². The number of likely N-dealkylation sites (tertiary alicyclic amines) is 1. The van der Waals surface area contributed by atoms with Gasteiger partial charge in [0.2, 0.25) is 0 Å². The number of nitrogens with one attached hydrogen (secondary N) is 2. The van der Waals surface area contributed by atoms with Gasteiger partial charge in [-0.1, -0.05) is 13.0 Å². The van der Waals surface area contributed by atoms with Crippen LogP contribution >= 0.6 is 11.3 Å². The van der Waals surface area contributed by atoms with Crippen LogP contribution in [0.25, 0.3) is 0 Å². The van der Waals surface area contributed by atoms with Crippen molar-refractivity contribution in [1.29, 1.82) is 0 Å². The number of nitrogens with two attached hydrogens (primary N) is 1. The van der Waals surface area contributed by atoms with Crippen LogP contribution in [-0.4, -0.2) is 42.4 Å². The van der Waals surface area contributed by atoms with Crippen LogP contribution < -0.4 is 16.6 Å². The maximum Gasteiger partial charge on any atom is 0.279 e. The molecule has 4 N–H and O–H groups in total. The quantitative estimate of drug-likeness (QED) is 0.694. The second kappa shape index (κ2) is 6.83. The lowest BCUT2D eigenvalue weighted by Crippen LogP contribution is -2.52. The summed E-state index contributed by atoms with van der Waals surface area (Å²) < 4.78 is 0. The Morgan fingerprint density at radius 2 is 2.30 bits per heavy atom. The predicted octanol–water partition coefficient (Wildman–Crippen LogP) is 0.178. The molecule has 1 saturated heterocycles. The lowest BCUT2D eigenvalue weighted by atomic mass is 9.94. The predicted molar refractivity (Wildman–Crippen MR) is 78.1 cm³/mol. The van der Waals surface area contributed by atoms with Crippen LogP contribution in [0.5, 0.6) is 0 Å². The first-order valence-electron chi connectivity index (χ1n) is 6.67. The molecule has 2 heterocycles. The molecule has 6 nitrogen and oxygen atoms in total. The van der Waals surface area contributed by atoms with E-state index in [1.165, 1.54) is 11.3 Å². The number of nitrogens with zero attached hydrogens (tertiary/aromatic N) is 1. The van der Waals surface area contributed by atoms with E-state index in [0.29, 0.717) is 17.3 Å². The number of hydrogen-bond donors (Lipinski definition) is 3. The SMILES string of the molecule is CC1CCN(CC(=O)NNC(=O)c2cccs2)CC1N. The molecule has 2 amide bonds. The molecule has 1 aliphatic heterocycles. The molecule has 0 spiro atoms. The second-order valence-corrected chi connectivity index (χ2v) is 6.09. The number of amides is 2. The van der Waals surface area contributed by atoms with E-state index in [1.54, 1.807) is 12.1 Å². The highest BCUT2D eigenvalue weighted by Gasteiger charge is 2.24. The van der Waals surface area contributed by atoms with Crippen LogP contribution in [0, 0.1) is 5.92 Å². The molecule has 0 aromatic carbocycles. The highest BCUT2D eigenvalue weighted by molar-refractivity contribution is 7.12. The summed E-state index contributed by atoms with van der Waals surface area (Å²) in [4.78, 5) is 26.0. The van der Waals surface area contributed by atoms with Crippen molar-refractivity contribution in [1.82, 2.24) is 15.8 Å². The van der Waals surface area contributed by atoms with Gasteiger partial charge in [0.15, 0.2) is 0 Å². The molecule has 20 heavy (non-hydrogen) atoms. The van der Waals surface area contributed by atoms with E-state index in [1.807, 2.05) is 10.3 Å². The summed E-state index contributed by atoms with van der Waals surface area (Å²) in [5.74, 6) is -0.0261. The number of rotatable bonds is 3. The number of carbonyl (C=O) groups excluding carboxylic acids is 2. The molecule has 7 heteroatoms. The molecule has 0 radical (unpaired) electrons. The van der Waals surface area contributed by atoms with Crippen molar-refractivity contribution >= 4 is 23.2 Å². The topological polar surface area (TPSA) is 87.5 Å². The molecule has 2 atom stereocenters. The van der Waals surface area contributed by atoms with Crippen LogP contribution in [0.2, 0.25) is 0 Å². The average molecular weight is 296 g/mol. The molecule has 2 unspecified atom stereocenters. The summed E-state index contributed by atoms with van der Waals surface area (Å²) in [5.41, 5.74) is 10.8. The molecule has 0 saturated carbocycles. The van der Waals surface area contributed by atoms with Crippen LogP contribution in [0.15, 0.2) is 17.5 Å². The van der Waals surface area contributed by atoms with Gasteiger partial charge in [-0.15, -0.1) is 11.3 Å². The number of hydrogen-bond acceptors (Lipinski definition) is 5. The number of hydrazine groups is 1. The largest absolute Gasteiger partial charge is 0.326 e. The molecular weight excluding hydrogens is 276 g/mol. The van der Waals surface area contributed by atoms with Gasteiger partial charge in [-0.2, -0.15) is 0 Å². The van der Waals surface area contributed by atoms with E-state index < -0.39 is 0 Å². The van der Waals surface area contributed by atoms with E-state index in [0.717, 1.165) is 13.0 Å². The monoisotopic (exact) mass is 296 g/mol. The van der Waals surface area contributed by atoms with Crippen molar-refractivity contribution in [2.45, 2.75) is 19.4 Å². The van der Waals surface area contributed by atoms with Gasteiger partial charge in [0.25, 0.3) is 11.8 Å². The Morgan fingerprint density at radius 3 is 2.95 bits per heavy atom. The van der Waals surface area contributed by atoms with Gasteiger partial charge in [0, 0.05) is 12.6 Å². The molecule has 1 aromatic rings. The minimum absolute atomic E-state index is 0.109. The van der Waals surface area contributed by atoms with Gasteiger partial charge in [0.05, 0.1) is 11.4 Å². The fraction of sp³-hybridized carbons (Fsp3) is 0.538. The van der Waals surface area contributed by atoms with Crippen molar-refractivity contribution in [3.63, 3.8) is 0 Å².